The van der Waals surface area contributed by atoms with Crippen molar-refractivity contribution in [2.45, 2.75) is 12.7 Å². The number of hydrogen-bond acceptors (Lipinski definition) is 3. The fourth-order valence-corrected chi connectivity index (χ4v) is 1.66. The summed E-state index contributed by atoms with van der Waals surface area (Å²) in [5.74, 6) is -0.0657. The number of fused-ring (bicyclic) bond motifs is 1. The summed E-state index contributed by atoms with van der Waals surface area (Å²) in [6.07, 6.45) is -3.37. The number of nitrogens with zero attached hydrogens (tertiary/aromatic N) is 3. The highest BCUT2D eigenvalue weighted by Gasteiger charge is 2.29. The maximum atomic E-state index is 12.2. The van der Waals surface area contributed by atoms with E-state index in [2.05, 4.69) is 5.10 Å². The number of hydrogen-bond donors (Lipinski definition) is 1. The monoisotopic (exact) mass is 246 g/mol. The van der Waals surface area contributed by atoms with Gasteiger partial charge in [0.1, 0.15) is 11.9 Å². The number of alkyl halides is 3. The molecule has 0 saturated heterocycles. The van der Waals surface area contributed by atoms with E-state index in [-0.39, 0.29) is 11.2 Å². The molecule has 17 heavy (non-hydrogen) atoms. The standard InChI is InChI=1S/C9H9F3N4O/c1-15-5-2-3-16(4-9(10,11)12)8(17)6(5)7(13)14-15/h2-3H,4H2,1H3,(H2,13,14). The Morgan fingerprint density at radius 3 is 2.71 bits per heavy atom. The first-order valence-electron chi connectivity index (χ1n) is 4.68. The lowest BCUT2D eigenvalue weighted by molar-refractivity contribution is -0.141. The van der Waals surface area contributed by atoms with Gasteiger partial charge in [-0.3, -0.25) is 9.48 Å². The van der Waals surface area contributed by atoms with Crippen molar-refractivity contribution < 1.29 is 13.2 Å². The quantitative estimate of drug-likeness (QED) is 0.812. The van der Waals surface area contributed by atoms with Gasteiger partial charge in [0.15, 0.2) is 5.82 Å². The summed E-state index contributed by atoms with van der Waals surface area (Å²) in [7, 11) is 1.56. The number of halogens is 3. The van der Waals surface area contributed by atoms with Gasteiger partial charge >= 0.3 is 6.18 Å². The normalized spacial score (nSPS) is 12.2. The number of pyridine rings is 1. The fraction of sp³-hybridized carbons (Fsp3) is 0.333. The molecule has 0 bridgehead atoms. The minimum Gasteiger partial charge on any atom is -0.382 e. The third-order valence-electron chi connectivity index (χ3n) is 2.36. The van der Waals surface area contributed by atoms with E-state index in [1.807, 2.05) is 0 Å². The molecule has 0 atom stereocenters. The number of nitrogen functional groups attached to an aromatic ring is 1. The molecule has 0 spiro atoms. The SMILES string of the molecule is Cn1nc(N)c2c(=O)n(CC(F)(F)F)ccc21. The highest BCUT2D eigenvalue weighted by atomic mass is 19.4. The van der Waals surface area contributed by atoms with E-state index in [1.165, 1.54) is 10.7 Å². The first kappa shape index (κ1) is 11.5. The largest absolute Gasteiger partial charge is 0.406 e. The predicted molar refractivity (Wildman–Crippen MR) is 55.4 cm³/mol. The molecular formula is C9H9F3N4O. The van der Waals surface area contributed by atoms with Crippen LogP contribution in [0, 0.1) is 0 Å². The second-order valence-electron chi connectivity index (χ2n) is 3.63. The molecule has 2 aromatic rings. The van der Waals surface area contributed by atoms with E-state index in [9.17, 15) is 18.0 Å². The van der Waals surface area contributed by atoms with Gasteiger partial charge in [-0.15, -0.1) is 0 Å². The van der Waals surface area contributed by atoms with Crippen molar-refractivity contribution in [2.75, 3.05) is 5.73 Å². The molecule has 0 unspecified atom stereocenters. The van der Waals surface area contributed by atoms with Crippen LogP contribution in [0.5, 0.6) is 0 Å². The van der Waals surface area contributed by atoms with Gasteiger partial charge in [-0.25, -0.2) is 0 Å². The molecule has 0 aliphatic carbocycles. The van der Waals surface area contributed by atoms with Gasteiger partial charge in [0.05, 0.1) is 5.52 Å². The average Bonchev–Trinajstić information content (AvgIpc) is 2.45. The van der Waals surface area contributed by atoms with Gasteiger partial charge in [0, 0.05) is 13.2 Å². The number of rotatable bonds is 1. The van der Waals surface area contributed by atoms with Gasteiger partial charge in [0.2, 0.25) is 0 Å². The maximum absolute atomic E-state index is 12.2. The summed E-state index contributed by atoms with van der Waals surface area (Å²) in [6.45, 7) is -1.34. The summed E-state index contributed by atoms with van der Waals surface area (Å²) in [4.78, 5) is 11.8. The summed E-state index contributed by atoms with van der Waals surface area (Å²) in [6, 6.07) is 1.38. The van der Waals surface area contributed by atoms with Crippen LogP contribution in [0.15, 0.2) is 17.1 Å². The fourth-order valence-electron chi connectivity index (χ4n) is 1.66. The molecular weight excluding hydrogens is 237 g/mol. The molecule has 2 rings (SSSR count). The summed E-state index contributed by atoms with van der Waals surface area (Å²) < 4.78 is 38.6. The molecule has 2 N–H and O–H groups in total. The smallest absolute Gasteiger partial charge is 0.382 e. The van der Waals surface area contributed by atoms with Crippen molar-refractivity contribution in [3.8, 4) is 0 Å². The first-order chi connectivity index (χ1) is 7.79. The molecule has 0 aliphatic rings. The maximum Gasteiger partial charge on any atom is 0.406 e. The zero-order chi connectivity index (χ0) is 12.8. The minimum absolute atomic E-state index is 0.0132. The van der Waals surface area contributed by atoms with E-state index >= 15 is 0 Å². The van der Waals surface area contributed by atoms with Gasteiger partial charge in [0.25, 0.3) is 5.56 Å². The molecule has 0 aliphatic heterocycles. The van der Waals surface area contributed by atoms with E-state index in [0.717, 1.165) is 6.20 Å². The van der Waals surface area contributed by atoms with Gasteiger partial charge in [-0.2, -0.15) is 18.3 Å². The molecule has 0 fully saturated rings. The number of aryl methyl sites for hydroxylation is 1. The third kappa shape index (κ3) is 1.97. The van der Waals surface area contributed by atoms with Crippen molar-refractivity contribution in [1.82, 2.24) is 14.3 Å². The highest BCUT2D eigenvalue weighted by Crippen LogP contribution is 2.19. The van der Waals surface area contributed by atoms with Crippen LogP contribution in [0.1, 0.15) is 0 Å². The Morgan fingerprint density at radius 2 is 2.12 bits per heavy atom. The van der Waals surface area contributed by atoms with Gasteiger partial charge < -0.3 is 10.3 Å². The zero-order valence-corrected chi connectivity index (χ0v) is 8.82. The van der Waals surface area contributed by atoms with Crippen LogP contribution in [-0.4, -0.2) is 20.5 Å². The molecule has 0 radical (unpaired) electrons. The van der Waals surface area contributed by atoms with Crippen molar-refractivity contribution in [1.29, 1.82) is 0 Å². The first-order valence-corrected chi connectivity index (χ1v) is 4.68. The molecule has 5 nitrogen and oxygen atoms in total. The van der Waals surface area contributed by atoms with Gasteiger partial charge in [-0.05, 0) is 6.07 Å². The van der Waals surface area contributed by atoms with Crippen LogP contribution < -0.4 is 11.3 Å². The van der Waals surface area contributed by atoms with E-state index < -0.39 is 18.3 Å². The Hall–Kier alpha value is -1.99. The Labute approximate surface area is 93.2 Å². The summed E-state index contributed by atoms with van der Waals surface area (Å²) in [5.41, 5.74) is 5.11. The van der Waals surface area contributed by atoms with Crippen LogP contribution in [0.3, 0.4) is 0 Å². The lowest BCUT2D eigenvalue weighted by Gasteiger charge is -2.08. The van der Waals surface area contributed by atoms with Crippen LogP contribution in [0.2, 0.25) is 0 Å². The van der Waals surface area contributed by atoms with Crippen LogP contribution in [0.25, 0.3) is 10.9 Å². The Morgan fingerprint density at radius 1 is 1.47 bits per heavy atom. The van der Waals surface area contributed by atoms with Crippen molar-refractivity contribution in [3.63, 3.8) is 0 Å². The molecule has 2 aromatic heterocycles. The number of nitrogens with two attached hydrogens (primary N) is 1. The average molecular weight is 246 g/mol. The van der Waals surface area contributed by atoms with Crippen LogP contribution >= 0.6 is 0 Å². The highest BCUT2D eigenvalue weighted by molar-refractivity contribution is 5.87. The zero-order valence-electron chi connectivity index (χ0n) is 8.82. The number of aromatic nitrogens is 3. The Bertz CT molecular complexity index is 625. The Kier molecular flexibility index (Phi) is 2.37. The predicted octanol–water partition coefficient (Wildman–Crippen LogP) is 0.880. The van der Waals surface area contributed by atoms with Gasteiger partial charge in [-0.1, -0.05) is 0 Å². The molecule has 8 heteroatoms. The van der Waals surface area contributed by atoms with Crippen molar-refractivity contribution in [3.05, 3.63) is 22.6 Å². The summed E-state index contributed by atoms with van der Waals surface area (Å²) >= 11 is 0. The Balaban J connectivity index is 2.66. The summed E-state index contributed by atoms with van der Waals surface area (Å²) in [5, 5.41) is 3.80. The second-order valence-corrected chi connectivity index (χ2v) is 3.63. The topological polar surface area (TPSA) is 65.8 Å². The van der Waals surface area contributed by atoms with E-state index in [4.69, 9.17) is 5.73 Å². The second kappa shape index (κ2) is 3.51. The molecule has 0 aromatic carbocycles. The molecule has 0 amide bonds. The van der Waals surface area contributed by atoms with E-state index in [0.29, 0.717) is 10.1 Å². The van der Waals surface area contributed by atoms with Crippen LogP contribution in [0.4, 0.5) is 19.0 Å². The molecule has 0 saturated carbocycles. The third-order valence-corrected chi connectivity index (χ3v) is 2.36. The lowest BCUT2D eigenvalue weighted by atomic mass is 10.3. The lowest BCUT2D eigenvalue weighted by Crippen LogP contribution is -2.27. The van der Waals surface area contributed by atoms with Crippen molar-refractivity contribution in [2.24, 2.45) is 7.05 Å². The van der Waals surface area contributed by atoms with E-state index in [1.54, 1.807) is 7.05 Å². The minimum atomic E-state index is -4.45. The van der Waals surface area contributed by atoms with Crippen molar-refractivity contribution >= 4 is 16.7 Å². The molecule has 2 heterocycles. The molecule has 92 valence electrons. The number of anilines is 1. The van der Waals surface area contributed by atoms with Crippen LogP contribution in [-0.2, 0) is 13.6 Å².